The van der Waals surface area contributed by atoms with Crippen LogP contribution in [0.15, 0.2) is 16.8 Å². The van der Waals surface area contributed by atoms with Crippen molar-refractivity contribution in [1.82, 2.24) is 25.5 Å². The first kappa shape index (κ1) is 11.6. The van der Waals surface area contributed by atoms with Gasteiger partial charge in [0.25, 0.3) is 11.9 Å². The molecule has 10 heteroatoms. The summed E-state index contributed by atoms with van der Waals surface area (Å²) in [6.07, 6.45) is 3.42. The second kappa shape index (κ2) is 4.31. The van der Waals surface area contributed by atoms with Gasteiger partial charge in [-0.25, -0.2) is 9.20 Å². The molecule has 0 saturated heterocycles. The smallest absolute Gasteiger partial charge is 0.270 e. The highest BCUT2D eigenvalue weighted by Gasteiger charge is 2.26. The largest absolute Gasteiger partial charge is 0.317 e. The van der Waals surface area contributed by atoms with Crippen molar-refractivity contribution < 1.29 is 9.00 Å². The summed E-state index contributed by atoms with van der Waals surface area (Å²) in [6.45, 7) is 2.11. The number of carbonyl (C=O) groups is 1. The normalized spacial score (nSPS) is 17.6. The molecule has 0 aromatic carbocycles. The van der Waals surface area contributed by atoms with Crippen LogP contribution in [-0.2, 0) is 14.8 Å². The van der Waals surface area contributed by atoms with Crippen molar-refractivity contribution >= 4 is 38.0 Å². The number of H-pyrrole nitrogens is 1. The molecule has 3 rings (SSSR count). The number of hydrogen-bond donors (Lipinski definition) is 2. The van der Waals surface area contributed by atoms with Gasteiger partial charge in [0.15, 0.2) is 0 Å². The van der Waals surface area contributed by atoms with E-state index in [0.29, 0.717) is 5.11 Å². The maximum atomic E-state index is 12.1. The van der Waals surface area contributed by atoms with Crippen molar-refractivity contribution in [2.75, 3.05) is 11.9 Å². The molecule has 0 radical (unpaired) electrons. The van der Waals surface area contributed by atoms with Crippen LogP contribution < -0.4 is 5.32 Å². The van der Waals surface area contributed by atoms with Gasteiger partial charge in [-0.05, 0) is 17.7 Å². The lowest BCUT2D eigenvalue weighted by Crippen LogP contribution is -2.32. The van der Waals surface area contributed by atoms with Crippen molar-refractivity contribution in [3.05, 3.63) is 11.8 Å². The number of allylic oxidation sites excluding steroid dienone is 1. The lowest BCUT2D eigenvalue weighted by Gasteiger charge is -2.17. The second-order valence-electron chi connectivity index (χ2n) is 3.92. The van der Waals surface area contributed by atoms with E-state index in [1.165, 1.54) is 0 Å². The van der Waals surface area contributed by atoms with Gasteiger partial charge in [-0.1, -0.05) is 5.10 Å². The molecule has 98 valence electrons. The average Bonchev–Trinajstić information content (AvgIpc) is 2.97. The fraction of sp³-hybridized carbons (Fsp3) is 0.222. The standard InChI is InChI=1S/C9H9N7O2S/c1-5-2-10-9-16(3-5)4-6(19(9)18)7(17)11-8-12-14-15-13-8/h2-3H,4H2,1H3,(H2,11,12,13,14,15,17). The van der Waals surface area contributed by atoms with Crippen LogP contribution in [0.1, 0.15) is 6.92 Å². The lowest BCUT2D eigenvalue weighted by molar-refractivity contribution is -0.110. The van der Waals surface area contributed by atoms with E-state index in [4.69, 9.17) is 0 Å². The van der Waals surface area contributed by atoms with Gasteiger partial charge in [0.2, 0.25) is 5.11 Å². The van der Waals surface area contributed by atoms with Gasteiger partial charge in [-0.15, -0.1) is 5.10 Å². The molecule has 0 bridgehead atoms. The summed E-state index contributed by atoms with van der Waals surface area (Å²) in [6, 6.07) is 0. The molecule has 0 spiro atoms. The van der Waals surface area contributed by atoms with Crippen molar-refractivity contribution in [3.63, 3.8) is 0 Å². The molecular weight excluding hydrogens is 270 g/mol. The molecule has 0 fully saturated rings. The van der Waals surface area contributed by atoms with Crippen LogP contribution in [0.5, 0.6) is 0 Å². The Morgan fingerprint density at radius 1 is 1.58 bits per heavy atom. The van der Waals surface area contributed by atoms with E-state index in [-0.39, 0.29) is 17.4 Å². The van der Waals surface area contributed by atoms with E-state index < -0.39 is 15.9 Å². The molecule has 9 nitrogen and oxygen atoms in total. The Kier molecular flexibility index (Phi) is 2.63. The molecule has 1 amide bonds. The van der Waals surface area contributed by atoms with Crippen LogP contribution in [0.4, 0.5) is 5.95 Å². The first-order valence-corrected chi connectivity index (χ1v) is 6.48. The molecule has 0 atom stereocenters. The van der Waals surface area contributed by atoms with E-state index in [1.807, 2.05) is 6.92 Å². The molecule has 1 aromatic rings. The molecule has 3 heterocycles. The maximum Gasteiger partial charge on any atom is 0.270 e. The first-order valence-electron chi connectivity index (χ1n) is 5.33. The van der Waals surface area contributed by atoms with Crippen molar-refractivity contribution in [3.8, 4) is 0 Å². The van der Waals surface area contributed by atoms with Gasteiger partial charge in [-0.3, -0.25) is 10.1 Å². The molecule has 2 aliphatic heterocycles. The number of hydrogen-bond acceptors (Lipinski definition) is 7. The van der Waals surface area contributed by atoms with E-state index in [2.05, 4.69) is 30.9 Å². The predicted molar refractivity (Wildman–Crippen MR) is 69.9 cm³/mol. The highest BCUT2D eigenvalue weighted by atomic mass is 32.1. The van der Waals surface area contributed by atoms with E-state index in [9.17, 15) is 9.00 Å². The number of amides is 1. The average molecular weight is 279 g/mol. The number of rotatable bonds is 2. The van der Waals surface area contributed by atoms with Crippen LogP contribution in [0.25, 0.3) is 0 Å². The molecule has 0 saturated carbocycles. The zero-order chi connectivity index (χ0) is 13.4. The van der Waals surface area contributed by atoms with Gasteiger partial charge in [0.1, 0.15) is 4.86 Å². The summed E-state index contributed by atoms with van der Waals surface area (Å²) in [7, 11) is -1.57. The Balaban J connectivity index is 1.90. The Morgan fingerprint density at radius 3 is 3.16 bits per heavy atom. The summed E-state index contributed by atoms with van der Waals surface area (Å²) in [5.41, 5.74) is 0.931. The highest BCUT2D eigenvalue weighted by Crippen LogP contribution is 2.10. The van der Waals surface area contributed by atoms with Gasteiger partial charge < -0.3 is 4.90 Å². The number of aromatic nitrogens is 4. The number of carbonyl (C=O) groups excluding carboxylic acids is 1. The fourth-order valence-electron chi connectivity index (χ4n) is 1.70. The quantitative estimate of drug-likeness (QED) is 0.633. The molecular formula is C9H9N7O2S. The lowest BCUT2D eigenvalue weighted by atomic mass is 10.3. The maximum absolute atomic E-state index is 12.1. The van der Waals surface area contributed by atoms with Gasteiger partial charge in [0, 0.05) is 12.4 Å². The van der Waals surface area contributed by atoms with E-state index in [0.717, 1.165) is 5.57 Å². The Hall–Kier alpha value is -2.49. The third-order valence-electron chi connectivity index (χ3n) is 2.51. The third kappa shape index (κ3) is 2.01. The topological polar surface area (TPSA) is 116 Å². The van der Waals surface area contributed by atoms with Crippen LogP contribution in [0.3, 0.4) is 0 Å². The summed E-state index contributed by atoms with van der Waals surface area (Å²) >= 11 is 0. The SMILES string of the molecule is CC1=CN2CC(C(=O)Nc3nn[nH]n3)=S(=O)=C2N=C1. The zero-order valence-electron chi connectivity index (χ0n) is 9.82. The minimum absolute atomic E-state index is 0.0413. The molecule has 19 heavy (non-hydrogen) atoms. The Labute approximate surface area is 109 Å². The van der Waals surface area contributed by atoms with Crippen molar-refractivity contribution in [2.24, 2.45) is 4.99 Å². The third-order valence-corrected chi connectivity index (χ3v) is 3.94. The summed E-state index contributed by atoms with van der Waals surface area (Å²) in [5.74, 6) is -0.456. The van der Waals surface area contributed by atoms with Crippen LogP contribution in [0.2, 0.25) is 0 Å². The first-order chi connectivity index (χ1) is 9.15. The number of anilines is 1. The van der Waals surface area contributed by atoms with Crippen LogP contribution in [0, 0.1) is 0 Å². The Bertz CT molecular complexity index is 744. The van der Waals surface area contributed by atoms with Gasteiger partial charge in [-0.2, -0.15) is 5.21 Å². The fourth-order valence-corrected chi connectivity index (χ4v) is 2.87. The molecule has 1 aromatic heterocycles. The summed E-state index contributed by atoms with van der Waals surface area (Å²) in [5, 5.41) is 15.5. The number of nitrogens with zero attached hydrogens (tertiary/aromatic N) is 5. The molecule has 2 aliphatic rings. The van der Waals surface area contributed by atoms with E-state index in [1.54, 1.807) is 17.3 Å². The van der Waals surface area contributed by atoms with Gasteiger partial charge >= 0.3 is 0 Å². The molecule has 0 unspecified atom stereocenters. The molecule has 0 aliphatic carbocycles. The van der Waals surface area contributed by atoms with E-state index >= 15 is 0 Å². The minimum atomic E-state index is -1.57. The number of aromatic amines is 1. The predicted octanol–water partition coefficient (Wildman–Crippen LogP) is -1.55. The monoisotopic (exact) mass is 279 g/mol. The summed E-state index contributed by atoms with van der Waals surface area (Å²) < 4.78 is 12.1. The van der Waals surface area contributed by atoms with Crippen molar-refractivity contribution in [2.45, 2.75) is 6.92 Å². The van der Waals surface area contributed by atoms with Gasteiger partial charge in [0.05, 0.1) is 16.5 Å². The zero-order valence-corrected chi connectivity index (χ0v) is 10.6. The Morgan fingerprint density at radius 2 is 2.42 bits per heavy atom. The number of nitrogens with one attached hydrogen (secondary N) is 2. The van der Waals surface area contributed by atoms with Crippen LogP contribution in [-0.4, -0.2) is 58.4 Å². The summed E-state index contributed by atoms with van der Waals surface area (Å²) in [4.78, 5) is 18.0. The highest BCUT2D eigenvalue weighted by molar-refractivity contribution is 7.86. The number of fused-ring (bicyclic) bond motifs is 1. The second-order valence-corrected chi connectivity index (χ2v) is 5.32. The number of aliphatic imine (C=N–C) groups is 1. The number of tetrazole rings is 1. The van der Waals surface area contributed by atoms with Crippen LogP contribution >= 0.6 is 0 Å². The molecule has 2 N–H and O–H groups in total. The van der Waals surface area contributed by atoms with Crippen molar-refractivity contribution in [1.29, 1.82) is 0 Å². The minimum Gasteiger partial charge on any atom is -0.317 e.